The molecule has 0 unspecified atom stereocenters. The van der Waals surface area contributed by atoms with Gasteiger partial charge in [0.05, 0.1) is 28.2 Å². The summed E-state index contributed by atoms with van der Waals surface area (Å²) < 4.78 is 5.98. The van der Waals surface area contributed by atoms with Crippen LogP contribution in [0.1, 0.15) is 11.1 Å². The number of halogens is 2. The molecule has 0 aliphatic rings. The molecule has 4 heteroatoms. The first-order valence-corrected chi connectivity index (χ1v) is 8.43. The first-order valence-electron chi connectivity index (χ1n) is 7.26. The third-order valence-corrected chi connectivity index (χ3v) is 4.59. The van der Waals surface area contributed by atoms with Crippen LogP contribution in [0.15, 0.2) is 59.1 Å². The second-order valence-corrected chi connectivity index (χ2v) is 6.51. The van der Waals surface area contributed by atoms with E-state index in [1.165, 1.54) is 0 Å². The van der Waals surface area contributed by atoms with Crippen LogP contribution in [-0.2, 0) is 0 Å². The number of allylic oxidation sites excluding steroid dienone is 1. The van der Waals surface area contributed by atoms with E-state index >= 15 is 0 Å². The topological polar surface area (TPSA) is 33.0 Å². The van der Waals surface area contributed by atoms with E-state index in [9.17, 15) is 5.26 Å². The number of fused-ring (bicyclic) bond motifs is 1. The minimum Gasteiger partial charge on any atom is -0.494 e. The maximum atomic E-state index is 9.56. The first kappa shape index (κ1) is 16.6. The molecule has 24 heavy (non-hydrogen) atoms. The van der Waals surface area contributed by atoms with Gasteiger partial charge in [0.15, 0.2) is 5.75 Å². The van der Waals surface area contributed by atoms with Crippen molar-refractivity contribution < 1.29 is 4.74 Å². The molecule has 0 fully saturated rings. The quantitative estimate of drug-likeness (QED) is 0.381. The fourth-order valence-corrected chi connectivity index (χ4v) is 3.62. The average Bonchev–Trinajstić information content (AvgIpc) is 2.59. The highest BCUT2D eigenvalue weighted by Crippen LogP contribution is 2.35. The van der Waals surface area contributed by atoms with Crippen molar-refractivity contribution in [1.82, 2.24) is 0 Å². The minimum atomic E-state index is 0.494. The van der Waals surface area contributed by atoms with Gasteiger partial charge in [0.25, 0.3) is 0 Å². The van der Waals surface area contributed by atoms with Crippen LogP contribution < -0.4 is 4.74 Å². The Morgan fingerprint density at radius 3 is 2.54 bits per heavy atom. The minimum absolute atomic E-state index is 0.494. The lowest BCUT2D eigenvalue weighted by molar-refractivity contribution is 0.412. The van der Waals surface area contributed by atoms with Crippen molar-refractivity contribution in [2.75, 3.05) is 7.11 Å². The van der Waals surface area contributed by atoms with Gasteiger partial charge in [-0.15, -0.1) is 0 Å². The molecule has 118 valence electrons. The summed E-state index contributed by atoms with van der Waals surface area (Å²) in [5, 5.41) is 12.3. The molecule has 0 radical (unpaired) electrons. The summed E-state index contributed by atoms with van der Waals surface area (Å²) in [7, 11) is 1.57. The molecule has 0 aliphatic heterocycles. The lowest BCUT2D eigenvalue weighted by Crippen LogP contribution is -1.88. The van der Waals surface area contributed by atoms with Crippen LogP contribution in [0, 0.1) is 11.3 Å². The summed E-state index contributed by atoms with van der Waals surface area (Å²) in [6, 6.07) is 20.0. The standard InChI is InChI=1S/C20H13BrClNO/c1-24-20-18(21)9-13(10-19(20)22)8-17(12-23)16-7-6-14-4-2-3-5-15(14)11-16/h2-11H,1H3/b17-8-. The highest BCUT2D eigenvalue weighted by atomic mass is 79.9. The lowest BCUT2D eigenvalue weighted by atomic mass is 10.00. The van der Waals surface area contributed by atoms with Crippen LogP contribution in [0.4, 0.5) is 0 Å². The smallest absolute Gasteiger partial charge is 0.151 e. The molecule has 0 saturated heterocycles. The van der Waals surface area contributed by atoms with E-state index in [1.54, 1.807) is 13.2 Å². The fourth-order valence-electron chi connectivity index (χ4n) is 2.56. The third-order valence-electron chi connectivity index (χ3n) is 3.72. The Morgan fingerprint density at radius 2 is 1.88 bits per heavy atom. The summed E-state index contributed by atoms with van der Waals surface area (Å²) in [5.74, 6) is 0.582. The second kappa shape index (κ2) is 7.09. The molecule has 0 bridgehead atoms. The van der Waals surface area contributed by atoms with E-state index in [-0.39, 0.29) is 0 Å². The van der Waals surface area contributed by atoms with E-state index < -0.39 is 0 Å². The van der Waals surface area contributed by atoms with Crippen molar-refractivity contribution in [3.63, 3.8) is 0 Å². The van der Waals surface area contributed by atoms with Crippen molar-refractivity contribution in [3.8, 4) is 11.8 Å². The van der Waals surface area contributed by atoms with Gasteiger partial charge >= 0.3 is 0 Å². The van der Waals surface area contributed by atoms with Crippen LogP contribution in [0.25, 0.3) is 22.4 Å². The number of benzene rings is 3. The third kappa shape index (κ3) is 3.31. The number of hydrogen-bond acceptors (Lipinski definition) is 2. The van der Waals surface area contributed by atoms with E-state index in [0.717, 1.165) is 26.4 Å². The first-order chi connectivity index (χ1) is 11.6. The van der Waals surface area contributed by atoms with E-state index in [2.05, 4.69) is 28.1 Å². The number of methoxy groups -OCH3 is 1. The molecule has 0 heterocycles. The SMILES string of the molecule is COc1c(Cl)cc(/C=C(/C#N)c2ccc3ccccc3c2)cc1Br. The highest BCUT2D eigenvalue weighted by molar-refractivity contribution is 9.10. The van der Waals surface area contributed by atoms with Gasteiger partial charge in [-0.25, -0.2) is 0 Å². The molecule has 2 nitrogen and oxygen atoms in total. The highest BCUT2D eigenvalue weighted by Gasteiger charge is 2.09. The molecule has 0 aliphatic carbocycles. The van der Waals surface area contributed by atoms with Gasteiger partial charge in [0.2, 0.25) is 0 Å². The maximum absolute atomic E-state index is 9.56. The lowest BCUT2D eigenvalue weighted by Gasteiger charge is -2.08. The maximum Gasteiger partial charge on any atom is 0.151 e. The number of rotatable bonds is 3. The molecule has 0 N–H and O–H groups in total. The number of hydrogen-bond donors (Lipinski definition) is 0. The fraction of sp³-hybridized carbons (Fsp3) is 0.0500. The zero-order chi connectivity index (χ0) is 17.1. The Hall–Kier alpha value is -2.28. The van der Waals surface area contributed by atoms with Crippen molar-refractivity contribution in [2.45, 2.75) is 0 Å². The second-order valence-electron chi connectivity index (χ2n) is 5.25. The summed E-state index contributed by atoms with van der Waals surface area (Å²) in [6.45, 7) is 0. The predicted octanol–water partition coefficient (Wildman–Crippen LogP) is 6.33. The van der Waals surface area contributed by atoms with Gasteiger partial charge in [0, 0.05) is 0 Å². The Morgan fingerprint density at radius 1 is 1.12 bits per heavy atom. The number of nitrogens with zero attached hydrogens (tertiary/aromatic N) is 1. The van der Waals surface area contributed by atoms with Crippen LogP contribution in [0.3, 0.4) is 0 Å². The molecule has 0 atom stereocenters. The molecule has 3 aromatic rings. The van der Waals surface area contributed by atoms with Crippen molar-refractivity contribution >= 4 is 50.0 Å². The molecule has 0 amide bonds. The number of ether oxygens (including phenoxy) is 1. The molecule has 3 rings (SSSR count). The van der Waals surface area contributed by atoms with Gasteiger partial charge in [-0.2, -0.15) is 5.26 Å². The summed E-state index contributed by atoms with van der Waals surface area (Å²) in [4.78, 5) is 0. The van der Waals surface area contributed by atoms with Gasteiger partial charge in [-0.05, 0) is 62.1 Å². The Labute approximate surface area is 154 Å². The zero-order valence-electron chi connectivity index (χ0n) is 12.9. The van der Waals surface area contributed by atoms with Gasteiger partial charge in [-0.1, -0.05) is 48.0 Å². The molecular formula is C20H13BrClNO. The summed E-state index contributed by atoms with van der Waals surface area (Å²) in [5.41, 5.74) is 2.28. The van der Waals surface area contributed by atoms with Gasteiger partial charge < -0.3 is 4.74 Å². The Kier molecular flexibility index (Phi) is 4.89. The van der Waals surface area contributed by atoms with Gasteiger partial charge in [-0.3, -0.25) is 0 Å². The van der Waals surface area contributed by atoms with E-state index in [0.29, 0.717) is 16.3 Å². The van der Waals surface area contributed by atoms with Crippen molar-refractivity contribution in [1.29, 1.82) is 5.26 Å². The largest absolute Gasteiger partial charge is 0.494 e. The summed E-state index contributed by atoms with van der Waals surface area (Å²) >= 11 is 9.66. The monoisotopic (exact) mass is 397 g/mol. The van der Waals surface area contributed by atoms with Crippen LogP contribution in [0.5, 0.6) is 5.75 Å². The van der Waals surface area contributed by atoms with E-state index in [4.69, 9.17) is 16.3 Å². The van der Waals surface area contributed by atoms with Gasteiger partial charge in [0.1, 0.15) is 0 Å². The average molecular weight is 399 g/mol. The molecule has 0 saturated carbocycles. The molecule has 0 spiro atoms. The zero-order valence-corrected chi connectivity index (χ0v) is 15.2. The normalized spacial score (nSPS) is 11.3. The molecular weight excluding hydrogens is 386 g/mol. The van der Waals surface area contributed by atoms with Crippen LogP contribution >= 0.6 is 27.5 Å². The predicted molar refractivity (Wildman–Crippen MR) is 103 cm³/mol. The molecule has 3 aromatic carbocycles. The van der Waals surface area contributed by atoms with Crippen LogP contribution in [-0.4, -0.2) is 7.11 Å². The Bertz CT molecular complexity index is 965. The summed E-state index contributed by atoms with van der Waals surface area (Å²) in [6.07, 6.45) is 1.82. The molecule has 0 aromatic heterocycles. The van der Waals surface area contributed by atoms with E-state index in [1.807, 2.05) is 48.5 Å². The Balaban J connectivity index is 2.07. The van der Waals surface area contributed by atoms with Crippen molar-refractivity contribution in [2.24, 2.45) is 0 Å². The number of nitriles is 1. The van der Waals surface area contributed by atoms with Crippen molar-refractivity contribution in [3.05, 3.63) is 75.2 Å². The van der Waals surface area contributed by atoms with Crippen LogP contribution in [0.2, 0.25) is 5.02 Å².